The average molecular weight is 446 g/mol. The topological polar surface area (TPSA) is 56.7 Å². The number of carbonyl (C=O) groups is 1. The van der Waals surface area contributed by atoms with Crippen LogP contribution in [0.4, 0.5) is 0 Å². The third-order valence-corrected chi connectivity index (χ3v) is 3.74. The Morgan fingerprint density at radius 3 is 2.29 bits per heavy atom. The highest BCUT2D eigenvalue weighted by Crippen LogP contribution is 2.23. The van der Waals surface area contributed by atoms with Crippen LogP contribution in [0.2, 0.25) is 0 Å². The summed E-state index contributed by atoms with van der Waals surface area (Å²) in [7, 11) is 3.48. The summed E-state index contributed by atoms with van der Waals surface area (Å²) in [4.78, 5) is 17.6. The number of guanidine groups is 1. The predicted molar refractivity (Wildman–Crippen MR) is 112 cm³/mol. The Kier molecular flexibility index (Phi) is 11.4. The van der Waals surface area contributed by atoms with Gasteiger partial charge in [0.2, 0.25) is 5.91 Å². The number of benzene rings is 1. The number of aliphatic imine (C=N–C) groups is 1. The lowest BCUT2D eigenvalue weighted by Crippen LogP contribution is -2.41. The summed E-state index contributed by atoms with van der Waals surface area (Å²) in [6, 6.07) is 10.5. The minimum atomic E-state index is -0.00864. The summed E-state index contributed by atoms with van der Waals surface area (Å²) >= 11 is 0. The molecule has 2 N–H and O–H groups in total. The first kappa shape index (κ1) is 22.7. The van der Waals surface area contributed by atoms with Crippen molar-refractivity contribution in [2.75, 3.05) is 33.7 Å². The molecule has 1 rings (SSSR count). The van der Waals surface area contributed by atoms with Crippen LogP contribution in [0.5, 0.6) is 0 Å². The first-order chi connectivity index (χ1) is 11.0. The Morgan fingerprint density at radius 2 is 1.79 bits per heavy atom. The lowest BCUT2D eigenvalue weighted by Gasteiger charge is -2.23. The minimum Gasteiger partial charge on any atom is -0.357 e. The molecule has 0 saturated carbocycles. The summed E-state index contributed by atoms with van der Waals surface area (Å²) in [5, 5.41) is 6.55. The van der Waals surface area contributed by atoms with E-state index in [4.69, 9.17) is 0 Å². The van der Waals surface area contributed by atoms with E-state index in [0.717, 1.165) is 13.1 Å². The Bertz CT molecular complexity index is 503. The van der Waals surface area contributed by atoms with E-state index in [9.17, 15) is 4.79 Å². The highest BCUT2D eigenvalue weighted by atomic mass is 127. The molecule has 0 saturated heterocycles. The van der Waals surface area contributed by atoms with Crippen LogP contribution in [0, 0.1) is 5.92 Å². The molecule has 1 aromatic rings. The van der Waals surface area contributed by atoms with Crippen molar-refractivity contribution in [3.8, 4) is 0 Å². The zero-order chi connectivity index (χ0) is 17.2. The summed E-state index contributed by atoms with van der Waals surface area (Å²) in [5.74, 6) is 1.58. The second-order valence-corrected chi connectivity index (χ2v) is 6.13. The highest BCUT2D eigenvalue weighted by molar-refractivity contribution is 14.0. The molecule has 136 valence electrons. The molecule has 1 amide bonds. The molecule has 24 heavy (non-hydrogen) atoms. The Labute approximate surface area is 163 Å². The third kappa shape index (κ3) is 7.99. The van der Waals surface area contributed by atoms with Crippen molar-refractivity contribution in [3.05, 3.63) is 35.9 Å². The summed E-state index contributed by atoms with van der Waals surface area (Å²) in [5.41, 5.74) is 1.32. The first-order valence-corrected chi connectivity index (χ1v) is 8.23. The van der Waals surface area contributed by atoms with Gasteiger partial charge in [-0.05, 0) is 18.4 Å². The van der Waals surface area contributed by atoms with E-state index in [-0.39, 0.29) is 36.4 Å². The lowest BCUT2D eigenvalue weighted by molar-refractivity contribution is -0.127. The largest absolute Gasteiger partial charge is 0.357 e. The number of hydrogen-bond donors (Lipinski definition) is 2. The number of nitrogens with zero attached hydrogens (tertiary/aromatic N) is 2. The van der Waals surface area contributed by atoms with E-state index in [1.54, 1.807) is 19.0 Å². The van der Waals surface area contributed by atoms with Crippen molar-refractivity contribution >= 4 is 35.8 Å². The van der Waals surface area contributed by atoms with Crippen LogP contribution in [0.25, 0.3) is 0 Å². The van der Waals surface area contributed by atoms with Gasteiger partial charge in [0, 0.05) is 33.1 Å². The number of carbonyl (C=O) groups excluding carboxylic acids is 1. The highest BCUT2D eigenvalue weighted by Gasteiger charge is 2.16. The molecule has 6 heteroatoms. The molecule has 5 nitrogen and oxygen atoms in total. The number of likely N-dealkylation sites (N-methyl/N-ethyl adjacent to an activating group) is 1. The van der Waals surface area contributed by atoms with Gasteiger partial charge in [0.15, 0.2) is 5.96 Å². The quantitative estimate of drug-likeness (QED) is 0.385. The lowest BCUT2D eigenvalue weighted by atomic mass is 9.88. The van der Waals surface area contributed by atoms with Crippen molar-refractivity contribution < 1.29 is 4.79 Å². The van der Waals surface area contributed by atoms with Crippen LogP contribution < -0.4 is 10.6 Å². The number of halogens is 1. The molecular weight excluding hydrogens is 415 g/mol. The molecule has 0 bridgehead atoms. The normalized spacial score (nSPS) is 12.3. The molecule has 1 aromatic carbocycles. The van der Waals surface area contributed by atoms with Gasteiger partial charge in [0.1, 0.15) is 6.54 Å². The van der Waals surface area contributed by atoms with Crippen molar-refractivity contribution in [1.82, 2.24) is 15.5 Å². The van der Waals surface area contributed by atoms with Crippen LogP contribution in [0.1, 0.15) is 32.3 Å². The van der Waals surface area contributed by atoms with E-state index in [2.05, 4.69) is 53.7 Å². The maximum atomic E-state index is 11.7. The van der Waals surface area contributed by atoms with Crippen LogP contribution >= 0.6 is 24.0 Å². The summed E-state index contributed by atoms with van der Waals surface area (Å²) in [6.07, 6.45) is 0. The molecule has 0 radical (unpaired) electrons. The second-order valence-electron chi connectivity index (χ2n) is 6.13. The van der Waals surface area contributed by atoms with Crippen LogP contribution in [0.3, 0.4) is 0 Å². The van der Waals surface area contributed by atoms with Gasteiger partial charge in [0.25, 0.3) is 0 Å². The number of rotatable bonds is 7. The molecule has 1 atom stereocenters. The van der Waals surface area contributed by atoms with Gasteiger partial charge in [-0.2, -0.15) is 0 Å². The fraction of sp³-hybridized carbons (Fsp3) is 0.556. The average Bonchev–Trinajstić information content (AvgIpc) is 2.52. The number of hydrogen-bond acceptors (Lipinski definition) is 2. The van der Waals surface area contributed by atoms with Crippen LogP contribution in [-0.2, 0) is 4.79 Å². The maximum Gasteiger partial charge on any atom is 0.243 e. The Balaban J connectivity index is 0.00000529. The number of nitrogens with one attached hydrogen (secondary N) is 2. The van der Waals surface area contributed by atoms with Crippen LogP contribution in [-0.4, -0.2) is 50.5 Å². The van der Waals surface area contributed by atoms with Crippen molar-refractivity contribution in [1.29, 1.82) is 0 Å². The number of amides is 1. The zero-order valence-corrected chi connectivity index (χ0v) is 17.7. The SMILES string of the molecule is CCNC(=NCC(=O)N(C)C)NCC(c1ccccc1)C(C)C.I. The van der Waals surface area contributed by atoms with Crippen molar-refractivity contribution in [2.45, 2.75) is 26.7 Å². The molecule has 0 aliphatic carbocycles. The molecular formula is C18H31IN4O. The fourth-order valence-electron chi connectivity index (χ4n) is 2.28. The smallest absolute Gasteiger partial charge is 0.243 e. The van der Waals surface area contributed by atoms with E-state index in [1.807, 2.05) is 13.0 Å². The van der Waals surface area contributed by atoms with Crippen molar-refractivity contribution in [3.63, 3.8) is 0 Å². The van der Waals surface area contributed by atoms with E-state index < -0.39 is 0 Å². The molecule has 0 aliphatic rings. The maximum absolute atomic E-state index is 11.7. The van der Waals surface area contributed by atoms with Gasteiger partial charge in [-0.1, -0.05) is 44.2 Å². The molecule has 0 aliphatic heterocycles. The van der Waals surface area contributed by atoms with Crippen molar-refractivity contribution in [2.24, 2.45) is 10.9 Å². The molecule has 1 unspecified atom stereocenters. The second kappa shape index (κ2) is 12.1. The predicted octanol–water partition coefficient (Wildman–Crippen LogP) is 2.69. The van der Waals surface area contributed by atoms with Gasteiger partial charge in [-0.15, -0.1) is 24.0 Å². The minimum absolute atomic E-state index is 0. The monoisotopic (exact) mass is 446 g/mol. The van der Waals surface area contributed by atoms with E-state index in [1.165, 1.54) is 5.56 Å². The van der Waals surface area contributed by atoms with Gasteiger partial charge in [0.05, 0.1) is 0 Å². The Morgan fingerprint density at radius 1 is 1.17 bits per heavy atom. The first-order valence-electron chi connectivity index (χ1n) is 8.23. The Hall–Kier alpha value is -1.31. The molecule has 0 heterocycles. The fourth-order valence-corrected chi connectivity index (χ4v) is 2.28. The molecule has 0 fully saturated rings. The summed E-state index contributed by atoms with van der Waals surface area (Å²) < 4.78 is 0. The molecule has 0 aromatic heterocycles. The summed E-state index contributed by atoms with van der Waals surface area (Å²) in [6.45, 7) is 8.16. The zero-order valence-electron chi connectivity index (χ0n) is 15.4. The third-order valence-electron chi connectivity index (χ3n) is 3.74. The van der Waals surface area contributed by atoms with E-state index in [0.29, 0.717) is 17.8 Å². The van der Waals surface area contributed by atoms with Gasteiger partial charge in [-0.3, -0.25) is 4.79 Å². The van der Waals surface area contributed by atoms with Crippen LogP contribution in [0.15, 0.2) is 35.3 Å². The standard InChI is InChI=1S/C18H30N4O.HI/c1-6-19-18(21-13-17(23)22(4)5)20-12-16(14(2)3)15-10-8-7-9-11-15;/h7-11,14,16H,6,12-13H2,1-5H3,(H2,19,20,21);1H. The van der Waals surface area contributed by atoms with Gasteiger partial charge >= 0.3 is 0 Å². The van der Waals surface area contributed by atoms with E-state index >= 15 is 0 Å². The molecule has 0 spiro atoms. The van der Waals surface area contributed by atoms with Gasteiger partial charge in [-0.25, -0.2) is 4.99 Å². The van der Waals surface area contributed by atoms with Gasteiger partial charge < -0.3 is 15.5 Å².